The summed E-state index contributed by atoms with van der Waals surface area (Å²) in [5.74, 6) is 0.334. The van der Waals surface area contributed by atoms with Gasteiger partial charge in [0.15, 0.2) is 0 Å². The summed E-state index contributed by atoms with van der Waals surface area (Å²) < 4.78 is 11.4. The maximum atomic E-state index is 13.2. The third kappa shape index (κ3) is 6.03. The topological polar surface area (TPSA) is 79.3 Å². The van der Waals surface area contributed by atoms with Crippen molar-refractivity contribution in [3.05, 3.63) is 64.7 Å². The minimum atomic E-state index is -0.692. The molecule has 7 nitrogen and oxygen atoms in total. The van der Waals surface area contributed by atoms with E-state index in [2.05, 4.69) is 13.8 Å². The summed E-state index contributed by atoms with van der Waals surface area (Å²) in [7, 11) is 3.82. The number of likely N-dealkylation sites (N-methyl/N-ethyl adjacent to an activating group) is 1. The smallest absolute Gasteiger partial charge is 0.295 e. The molecule has 0 aromatic heterocycles. The van der Waals surface area contributed by atoms with Crippen LogP contribution in [-0.2, 0) is 9.59 Å². The Kier molecular flexibility index (Phi) is 8.57. The van der Waals surface area contributed by atoms with Crippen molar-refractivity contribution in [2.45, 2.75) is 33.7 Å². The second-order valence-corrected chi connectivity index (χ2v) is 9.48. The first-order valence-electron chi connectivity index (χ1n) is 12.0. The highest BCUT2D eigenvalue weighted by Crippen LogP contribution is 2.40. The van der Waals surface area contributed by atoms with Crippen molar-refractivity contribution < 1.29 is 24.2 Å². The van der Waals surface area contributed by atoms with Crippen LogP contribution in [0.3, 0.4) is 0 Å². The van der Waals surface area contributed by atoms with E-state index in [-0.39, 0.29) is 11.3 Å². The van der Waals surface area contributed by atoms with E-state index >= 15 is 0 Å². The van der Waals surface area contributed by atoms with Crippen LogP contribution in [0.5, 0.6) is 11.5 Å². The fraction of sp³-hybridized carbons (Fsp3) is 0.429. The molecule has 3 rings (SSSR count). The highest BCUT2D eigenvalue weighted by atomic mass is 16.5. The minimum absolute atomic E-state index is 0.0909. The zero-order valence-corrected chi connectivity index (χ0v) is 21.5. The predicted octanol–water partition coefficient (Wildman–Crippen LogP) is 4.41. The number of benzene rings is 2. The number of carbonyl (C=O) groups is 2. The molecule has 0 aliphatic carbocycles. The monoisotopic (exact) mass is 480 g/mol. The van der Waals surface area contributed by atoms with Gasteiger partial charge >= 0.3 is 0 Å². The lowest BCUT2D eigenvalue weighted by atomic mass is 9.94. The van der Waals surface area contributed by atoms with E-state index < -0.39 is 17.7 Å². The maximum Gasteiger partial charge on any atom is 0.295 e. The number of hydrogen-bond acceptors (Lipinski definition) is 6. The fourth-order valence-electron chi connectivity index (χ4n) is 4.05. The van der Waals surface area contributed by atoms with Crippen molar-refractivity contribution in [2.75, 3.05) is 40.4 Å². The number of aliphatic hydroxyl groups excluding tert-OH is 1. The zero-order valence-electron chi connectivity index (χ0n) is 21.5. The molecule has 7 heteroatoms. The molecule has 0 saturated carbocycles. The lowest BCUT2D eigenvalue weighted by Crippen LogP contribution is -2.35. The van der Waals surface area contributed by atoms with E-state index in [4.69, 9.17) is 9.47 Å². The second kappa shape index (κ2) is 11.4. The van der Waals surface area contributed by atoms with Crippen LogP contribution in [0.2, 0.25) is 0 Å². The van der Waals surface area contributed by atoms with Crippen molar-refractivity contribution >= 4 is 17.4 Å². The highest BCUT2D eigenvalue weighted by Gasteiger charge is 2.45. The molecule has 2 aromatic rings. The molecular formula is C28H36N2O5. The molecular weight excluding hydrogens is 444 g/mol. The standard InChI is InChI=1S/C28H36N2O5/c1-7-34-22-11-8-20(9-12-22)25-24(27(32)28(33)30(25)15-14-29(5)6)26(31)21-10-13-23(19(4)16-21)35-17-18(2)3/h8-13,16,18,25,31H,7,14-15,17H2,1-6H3/b26-24+/t25-/m1/s1. The first-order chi connectivity index (χ1) is 16.6. The van der Waals surface area contributed by atoms with E-state index in [1.165, 1.54) is 4.90 Å². The molecule has 0 spiro atoms. The van der Waals surface area contributed by atoms with Crippen LogP contribution in [0.15, 0.2) is 48.0 Å². The van der Waals surface area contributed by atoms with Crippen LogP contribution in [-0.4, -0.2) is 67.0 Å². The molecule has 1 aliphatic rings. The van der Waals surface area contributed by atoms with Gasteiger partial charge in [-0.05, 0) is 75.3 Å². The quantitative estimate of drug-likeness (QED) is 0.308. The molecule has 1 amide bonds. The number of ether oxygens (including phenoxy) is 2. The molecule has 1 fully saturated rings. The van der Waals surface area contributed by atoms with E-state index in [1.54, 1.807) is 18.2 Å². The highest BCUT2D eigenvalue weighted by molar-refractivity contribution is 6.46. The number of nitrogens with zero attached hydrogens (tertiary/aromatic N) is 2. The number of likely N-dealkylation sites (tertiary alicyclic amines) is 1. The van der Waals surface area contributed by atoms with Gasteiger partial charge in [0.25, 0.3) is 11.7 Å². The maximum absolute atomic E-state index is 13.2. The van der Waals surface area contributed by atoms with Crippen molar-refractivity contribution in [1.82, 2.24) is 9.80 Å². The molecule has 1 heterocycles. The molecule has 0 radical (unpaired) electrons. The van der Waals surface area contributed by atoms with Crippen LogP contribution < -0.4 is 9.47 Å². The molecule has 188 valence electrons. The van der Waals surface area contributed by atoms with Crippen LogP contribution in [0.25, 0.3) is 5.76 Å². The van der Waals surface area contributed by atoms with Gasteiger partial charge in [-0.15, -0.1) is 0 Å². The molecule has 2 aromatic carbocycles. The van der Waals surface area contributed by atoms with Gasteiger partial charge in [-0.1, -0.05) is 26.0 Å². The Morgan fingerprint density at radius 2 is 1.77 bits per heavy atom. The summed E-state index contributed by atoms with van der Waals surface area (Å²) in [6.07, 6.45) is 0. The van der Waals surface area contributed by atoms with Gasteiger partial charge in [-0.25, -0.2) is 0 Å². The third-order valence-electron chi connectivity index (χ3n) is 5.86. The van der Waals surface area contributed by atoms with Crippen molar-refractivity contribution in [3.8, 4) is 11.5 Å². The van der Waals surface area contributed by atoms with Crippen molar-refractivity contribution in [1.29, 1.82) is 0 Å². The van der Waals surface area contributed by atoms with Crippen molar-refractivity contribution in [3.63, 3.8) is 0 Å². The molecule has 1 atom stereocenters. The predicted molar refractivity (Wildman–Crippen MR) is 137 cm³/mol. The van der Waals surface area contributed by atoms with E-state index in [0.717, 1.165) is 16.9 Å². The van der Waals surface area contributed by atoms with Crippen LogP contribution in [0.1, 0.15) is 43.5 Å². The van der Waals surface area contributed by atoms with Gasteiger partial charge in [0.1, 0.15) is 17.3 Å². The van der Waals surface area contributed by atoms with Crippen LogP contribution in [0.4, 0.5) is 0 Å². The van der Waals surface area contributed by atoms with E-state index in [0.29, 0.717) is 43.5 Å². The number of rotatable bonds is 10. The Balaban J connectivity index is 2.06. The normalized spacial score (nSPS) is 17.5. The Labute approximate surface area is 207 Å². The Bertz CT molecular complexity index is 1090. The number of hydrogen-bond donors (Lipinski definition) is 1. The van der Waals surface area contributed by atoms with Gasteiger partial charge in [0.05, 0.1) is 24.8 Å². The molecule has 1 aliphatic heterocycles. The first kappa shape index (κ1) is 26.3. The Morgan fingerprint density at radius 1 is 1.09 bits per heavy atom. The van der Waals surface area contributed by atoms with Gasteiger partial charge in [-0.3, -0.25) is 9.59 Å². The number of amides is 1. The fourth-order valence-corrected chi connectivity index (χ4v) is 4.05. The average molecular weight is 481 g/mol. The first-order valence-corrected chi connectivity index (χ1v) is 12.0. The Morgan fingerprint density at radius 3 is 2.34 bits per heavy atom. The van der Waals surface area contributed by atoms with Crippen molar-refractivity contribution in [2.24, 2.45) is 5.92 Å². The lowest BCUT2D eigenvalue weighted by Gasteiger charge is -2.26. The second-order valence-electron chi connectivity index (χ2n) is 9.48. The third-order valence-corrected chi connectivity index (χ3v) is 5.86. The Hall–Kier alpha value is -3.32. The number of aryl methyl sites for hydroxylation is 1. The number of aliphatic hydroxyl groups is 1. The van der Waals surface area contributed by atoms with E-state index in [9.17, 15) is 14.7 Å². The van der Waals surface area contributed by atoms with Crippen LogP contribution >= 0.6 is 0 Å². The van der Waals surface area contributed by atoms with E-state index in [1.807, 2.05) is 57.1 Å². The number of ketones is 1. The molecule has 1 N–H and O–H groups in total. The SMILES string of the molecule is CCOc1ccc([C@@H]2/C(=C(\O)c3ccc(OCC(C)C)c(C)c3)C(=O)C(=O)N2CCN(C)C)cc1. The zero-order chi connectivity index (χ0) is 25.7. The summed E-state index contributed by atoms with van der Waals surface area (Å²) in [6, 6.07) is 11.9. The average Bonchev–Trinajstić information content (AvgIpc) is 3.06. The molecule has 0 unspecified atom stereocenters. The van der Waals surface area contributed by atoms with Crippen LogP contribution in [0, 0.1) is 12.8 Å². The van der Waals surface area contributed by atoms with Gasteiger partial charge in [-0.2, -0.15) is 0 Å². The number of Topliss-reactive ketones (excluding diaryl/α,β-unsaturated/α-hetero) is 1. The minimum Gasteiger partial charge on any atom is -0.507 e. The largest absolute Gasteiger partial charge is 0.507 e. The van der Waals surface area contributed by atoms with Gasteiger partial charge in [0.2, 0.25) is 0 Å². The van der Waals surface area contributed by atoms with Gasteiger partial charge in [0, 0.05) is 18.7 Å². The molecule has 35 heavy (non-hydrogen) atoms. The summed E-state index contributed by atoms with van der Waals surface area (Å²) >= 11 is 0. The molecule has 1 saturated heterocycles. The van der Waals surface area contributed by atoms with Gasteiger partial charge < -0.3 is 24.4 Å². The molecule has 0 bridgehead atoms. The number of carbonyl (C=O) groups excluding carboxylic acids is 2. The summed E-state index contributed by atoms with van der Waals surface area (Å²) in [5, 5.41) is 11.3. The summed E-state index contributed by atoms with van der Waals surface area (Å²) in [6.45, 7) is 10.0. The lowest BCUT2D eigenvalue weighted by molar-refractivity contribution is -0.140. The summed E-state index contributed by atoms with van der Waals surface area (Å²) in [5.41, 5.74) is 2.14. The summed E-state index contributed by atoms with van der Waals surface area (Å²) in [4.78, 5) is 29.7.